The van der Waals surface area contributed by atoms with Gasteiger partial charge in [0.15, 0.2) is 0 Å². The Hall–Kier alpha value is -1.27. The Morgan fingerprint density at radius 1 is 1.44 bits per heavy atom. The van der Waals surface area contributed by atoms with Crippen LogP contribution < -0.4 is 0 Å². The molecule has 0 aromatic rings. The summed E-state index contributed by atoms with van der Waals surface area (Å²) in [5.74, 6) is 8.07. The Bertz CT molecular complexity index is 433. The highest BCUT2D eigenvalue weighted by Crippen LogP contribution is 2.25. The van der Waals surface area contributed by atoms with Gasteiger partial charge in [-0.1, -0.05) is 17.8 Å². The number of hydrogen-bond acceptors (Lipinski definition) is 2. The van der Waals surface area contributed by atoms with Crippen LogP contribution in [0.1, 0.15) is 6.42 Å². The van der Waals surface area contributed by atoms with Gasteiger partial charge in [-0.25, -0.2) is 0 Å². The molecule has 1 saturated heterocycles. The topological polar surface area (TPSA) is 37.4 Å². The molecule has 2 atom stereocenters. The maximum atomic E-state index is 11.4. The molecule has 0 bridgehead atoms. The zero-order valence-electron chi connectivity index (χ0n) is 8.74. The first-order chi connectivity index (χ1) is 7.72. The highest BCUT2D eigenvalue weighted by molar-refractivity contribution is 14.1. The summed E-state index contributed by atoms with van der Waals surface area (Å²) < 4.78 is 2.68. The number of amides is 1. The fourth-order valence-electron chi connectivity index (χ4n) is 1.48. The molecule has 0 aromatic heterocycles. The van der Waals surface area contributed by atoms with Gasteiger partial charge in [0.2, 0.25) is 5.91 Å². The summed E-state index contributed by atoms with van der Waals surface area (Å²) in [5, 5.41) is 0. The molecule has 1 aliphatic rings. The maximum Gasteiger partial charge on any atom is 0.229 e. The van der Waals surface area contributed by atoms with Crippen LogP contribution in [0.4, 0.5) is 0 Å². The lowest BCUT2D eigenvalue weighted by Gasteiger charge is -2.40. The number of carbonyl (C=O) groups is 2. The number of aldehydes is 1. The number of likely N-dealkylation sites (N-methyl/N-ethyl adjacent to an activating group) is 1. The van der Waals surface area contributed by atoms with Gasteiger partial charge in [0.25, 0.3) is 0 Å². The normalized spacial score (nSPS) is 22.9. The predicted octanol–water partition coefficient (Wildman–Crippen LogP) is 0.988. The molecule has 1 amide bonds. The first-order valence-corrected chi connectivity index (χ1v) is 5.76. The van der Waals surface area contributed by atoms with E-state index in [2.05, 4.69) is 21.7 Å². The lowest BCUT2D eigenvalue weighted by molar-refractivity contribution is -0.155. The van der Waals surface area contributed by atoms with Gasteiger partial charge in [0.1, 0.15) is 6.29 Å². The lowest BCUT2D eigenvalue weighted by Crippen LogP contribution is -2.59. The SMILES string of the molecule is CN1C(=O)[C@@H](CC#C/C=C\C#CI)[C@@H]1C=O. The molecule has 0 N–H and O–H groups in total. The minimum absolute atomic E-state index is 0.0116. The average Bonchev–Trinajstić information content (AvgIpc) is 2.31. The predicted molar refractivity (Wildman–Crippen MR) is 69.4 cm³/mol. The van der Waals surface area contributed by atoms with Crippen LogP contribution in [-0.4, -0.2) is 30.2 Å². The van der Waals surface area contributed by atoms with E-state index >= 15 is 0 Å². The zero-order valence-corrected chi connectivity index (χ0v) is 10.9. The van der Waals surface area contributed by atoms with E-state index in [-0.39, 0.29) is 17.9 Å². The van der Waals surface area contributed by atoms with Gasteiger partial charge >= 0.3 is 0 Å². The van der Waals surface area contributed by atoms with E-state index in [1.807, 2.05) is 22.6 Å². The molecule has 4 heteroatoms. The van der Waals surface area contributed by atoms with E-state index in [0.717, 1.165) is 6.29 Å². The highest BCUT2D eigenvalue weighted by atomic mass is 127. The second kappa shape index (κ2) is 6.34. The number of β-lactam (4-membered cyclic amide) rings is 1. The quantitative estimate of drug-likeness (QED) is 0.328. The van der Waals surface area contributed by atoms with Gasteiger partial charge in [-0.15, -0.1) is 0 Å². The second-order valence-electron chi connectivity index (χ2n) is 3.28. The Labute approximate surface area is 108 Å². The van der Waals surface area contributed by atoms with Crippen LogP contribution >= 0.6 is 22.6 Å². The van der Waals surface area contributed by atoms with Crippen molar-refractivity contribution in [3.8, 4) is 21.7 Å². The van der Waals surface area contributed by atoms with Gasteiger partial charge in [0.05, 0.1) is 12.0 Å². The molecular formula is C12H10INO2. The van der Waals surface area contributed by atoms with Crippen LogP contribution in [-0.2, 0) is 9.59 Å². The zero-order chi connectivity index (χ0) is 12.0. The lowest BCUT2D eigenvalue weighted by atomic mass is 9.86. The molecule has 0 saturated carbocycles. The summed E-state index contributed by atoms with van der Waals surface area (Å²) in [6.07, 6.45) is 4.50. The smallest absolute Gasteiger partial charge is 0.229 e. The summed E-state index contributed by atoms with van der Waals surface area (Å²) in [5.41, 5.74) is 0. The Balaban J connectivity index is 2.46. The van der Waals surface area contributed by atoms with Gasteiger partial charge < -0.3 is 9.69 Å². The van der Waals surface area contributed by atoms with Crippen LogP contribution in [0.2, 0.25) is 0 Å². The number of likely N-dealkylation sites (tertiary alicyclic amines) is 1. The van der Waals surface area contributed by atoms with Crippen molar-refractivity contribution >= 4 is 34.8 Å². The van der Waals surface area contributed by atoms with E-state index in [9.17, 15) is 9.59 Å². The number of halogens is 1. The third-order valence-electron chi connectivity index (χ3n) is 2.39. The van der Waals surface area contributed by atoms with Crippen molar-refractivity contribution in [2.24, 2.45) is 5.92 Å². The highest BCUT2D eigenvalue weighted by Gasteiger charge is 2.43. The average molecular weight is 327 g/mol. The third kappa shape index (κ3) is 2.86. The Morgan fingerprint density at radius 2 is 2.12 bits per heavy atom. The molecule has 16 heavy (non-hydrogen) atoms. The first-order valence-electron chi connectivity index (χ1n) is 4.69. The number of carbonyl (C=O) groups excluding carboxylic acids is 2. The van der Waals surface area contributed by atoms with Crippen LogP contribution in [0.15, 0.2) is 12.2 Å². The molecule has 0 aromatic carbocycles. The molecule has 0 spiro atoms. The van der Waals surface area contributed by atoms with E-state index in [4.69, 9.17) is 0 Å². The number of rotatable bonds is 2. The molecule has 0 aliphatic carbocycles. The van der Waals surface area contributed by atoms with Crippen molar-refractivity contribution in [2.45, 2.75) is 12.5 Å². The summed E-state index contributed by atoms with van der Waals surface area (Å²) >= 11 is 1.94. The summed E-state index contributed by atoms with van der Waals surface area (Å²) in [6, 6.07) is -0.306. The van der Waals surface area contributed by atoms with Gasteiger partial charge in [-0.05, 0) is 16.1 Å². The summed E-state index contributed by atoms with van der Waals surface area (Å²) in [4.78, 5) is 23.4. The van der Waals surface area contributed by atoms with Gasteiger partial charge in [-0.2, -0.15) is 0 Å². The van der Waals surface area contributed by atoms with Crippen molar-refractivity contribution in [2.75, 3.05) is 7.05 Å². The van der Waals surface area contributed by atoms with E-state index < -0.39 is 0 Å². The molecule has 3 nitrogen and oxygen atoms in total. The standard InChI is InChI=1S/C12H10INO2/c1-14-11(9-15)10(12(14)16)7-5-3-2-4-6-8-13/h2,4,9-11H,7H2,1H3/b4-2-/t10-,11-/m0/s1. The molecule has 1 fully saturated rings. The van der Waals surface area contributed by atoms with Crippen LogP contribution in [0.5, 0.6) is 0 Å². The van der Waals surface area contributed by atoms with Crippen molar-refractivity contribution < 1.29 is 9.59 Å². The van der Waals surface area contributed by atoms with Crippen LogP contribution in [0, 0.1) is 27.6 Å². The maximum absolute atomic E-state index is 11.4. The van der Waals surface area contributed by atoms with Crippen LogP contribution in [0.25, 0.3) is 0 Å². The van der Waals surface area contributed by atoms with Crippen molar-refractivity contribution in [1.29, 1.82) is 0 Å². The Kier molecular flexibility index (Phi) is 5.07. The molecule has 1 rings (SSSR count). The number of hydrogen-bond donors (Lipinski definition) is 0. The van der Waals surface area contributed by atoms with Crippen LogP contribution in [0.3, 0.4) is 0 Å². The fraction of sp³-hybridized carbons (Fsp3) is 0.333. The summed E-state index contributed by atoms with van der Waals surface area (Å²) in [6.45, 7) is 0. The van der Waals surface area contributed by atoms with Gasteiger partial charge in [0, 0.05) is 36.1 Å². The molecule has 82 valence electrons. The minimum Gasteiger partial charge on any atom is -0.335 e. The number of allylic oxidation sites excluding steroid dienone is 2. The van der Waals surface area contributed by atoms with Gasteiger partial charge in [-0.3, -0.25) is 4.79 Å². The largest absolute Gasteiger partial charge is 0.335 e. The van der Waals surface area contributed by atoms with Crippen molar-refractivity contribution in [3.05, 3.63) is 12.2 Å². The molecule has 1 aliphatic heterocycles. The molecule has 0 unspecified atom stereocenters. The van der Waals surface area contributed by atoms with Crippen molar-refractivity contribution in [1.82, 2.24) is 4.90 Å². The molecular weight excluding hydrogens is 317 g/mol. The summed E-state index contributed by atoms with van der Waals surface area (Å²) in [7, 11) is 1.63. The molecule has 0 radical (unpaired) electrons. The minimum atomic E-state index is -0.306. The number of nitrogens with zero attached hydrogens (tertiary/aromatic N) is 1. The second-order valence-corrected chi connectivity index (χ2v) is 3.82. The third-order valence-corrected chi connectivity index (χ3v) is 2.70. The Morgan fingerprint density at radius 3 is 2.75 bits per heavy atom. The van der Waals surface area contributed by atoms with E-state index in [1.54, 1.807) is 19.2 Å². The van der Waals surface area contributed by atoms with E-state index in [1.165, 1.54) is 4.90 Å². The molecule has 1 heterocycles. The fourth-order valence-corrected chi connectivity index (χ4v) is 1.66. The van der Waals surface area contributed by atoms with E-state index in [0.29, 0.717) is 6.42 Å². The first kappa shape index (κ1) is 12.8. The monoisotopic (exact) mass is 327 g/mol. The van der Waals surface area contributed by atoms with Crippen molar-refractivity contribution in [3.63, 3.8) is 0 Å².